The molecule has 0 aromatic heterocycles. The number of benzene rings is 1. The molecular formula is C13H18N4O2. The molecule has 102 valence electrons. The first kappa shape index (κ1) is 13.2. The molecule has 1 aliphatic rings. The van der Waals surface area contributed by atoms with Crippen LogP contribution in [0.2, 0.25) is 0 Å². The van der Waals surface area contributed by atoms with E-state index in [1.165, 1.54) is 12.1 Å². The number of aromatic hydroxyl groups is 1. The summed E-state index contributed by atoms with van der Waals surface area (Å²) in [7, 11) is 0. The van der Waals surface area contributed by atoms with Crippen LogP contribution < -0.4 is 16.0 Å². The Labute approximate surface area is 111 Å². The third-order valence-electron chi connectivity index (χ3n) is 2.73. The largest absolute Gasteiger partial charge is 0.508 e. The van der Waals surface area contributed by atoms with Crippen LogP contribution in [0.4, 0.5) is 0 Å². The molecule has 4 N–H and O–H groups in total. The highest BCUT2D eigenvalue weighted by Gasteiger charge is 2.05. The molecule has 1 amide bonds. The van der Waals surface area contributed by atoms with E-state index >= 15 is 0 Å². The molecule has 1 aromatic carbocycles. The van der Waals surface area contributed by atoms with E-state index < -0.39 is 0 Å². The van der Waals surface area contributed by atoms with Crippen LogP contribution >= 0.6 is 0 Å². The summed E-state index contributed by atoms with van der Waals surface area (Å²) in [5.41, 5.74) is 0.533. The zero-order valence-corrected chi connectivity index (χ0v) is 10.6. The Hall–Kier alpha value is -2.24. The highest BCUT2D eigenvalue weighted by molar-refractivity contribution is 5.94. The monoisotopic (exact) mass is 262 g/mol. The van der Waals surface area contributed by atoms with Crippen molar-refractivity contribution in [3.63, 3.8) is 0 Å². The maximum absolute atomic E-state index is 11.7. The summed E-state index contributed by atoms with van der Waals surface area (Å²) in [6.45, 7) is 2.91. The Morgan fingerprint density at radius 3 is 2.79 bits per heavy atom. The molecule has 2 rings (SSSR count). The lowest BCUT2D eigenvalue weighted by atomic mass is 10.2. The van der Waals surface area contributed by atoms with Crippen molar-refractivity contribution in [2.24, 2.45) is 4.99 Å². The second kappa shape index (κ2) is 6.63. The van der Waals surface area contributed by atoms with Gasteiger partial charge in [-0.05, 0) is 30.7 Å². The number of amides is 1. The number of nitrogens with zero attached hydrogens (tertiary/aromatic N) is 1. The average Bonchev–Trinajstić information content (AvgIpc) is 2.45. The third kappa shape index (κ3) is 4.17. The van der Waals surface area contributed by atoms with Gasteiger partial charge in [-0.15, -0.1) is 0 Å². The molecular weight excluding hydrogens is 244 g/mol. The van der Waals surface area contributed by atoms with E-state index in [2.05, 4.69) is 20.9 Å². The minimum absolute atomic E-state index is 0.152. The number of carbonyl (C=O) groups is 1. The molecule has 0 aliphatic carbocycles. The van der Waals surface area contributed by atoms with E-state index in [-0.39, 0.29) is 11.7 Å². The van der Waals surface area contributed by atoms with Crippen molar-refractivity contribution >= 4 is 11.9 Å². The van der Waals surface area contributed by atoms with Crippen molar-refractivity contribution in [1.82, 2.24) is 16.0 Å². The fourth-order valence-corrected chi connectivity index (χ4v) is 1.72. The van der Waals surface area contributed by atoms with Crippen LogP contribution in [0.25, 0.3) is 0 Å². The zero-order chi connectivity index (χ0) is 13.5. The highest BCUT2D eigenvalue weighted by Crippen LogP contribution is 2.09. The summed E-state index contributed by atoms with van der Waals surface area (Å²) in [6, 6.07) is 6.16. The first-order valence-electron chi connectivity index (χ1n) is 6.35. The van der Waals surface area contributed by atoms with Crippen LogP contribution in [0, 0.1) is 0 Å². The van der Waals surface area contributed by atoms with Gasteiger partial charge in [-0.1, -0.05) is 0 Å². The molecule has 0 atom stereocenters. The molecule has 0 bridgehead atoms. The fourth-order valence-electron chi connectivity index (χ4n) is 1.72. The molecule has 1 aromatic rings. The Kier molecular flexibility index (Phi) is 4.60. The number of guanidine groups is 1. The van der Waals surface area contributed by atoms with Crippen molar-refractivity contribution in [2.45, 2.75) is 6.42 Å². The Balaban J connectivity index is 1.69. The Morgan fingerprint density at radius 1 is 1.32 bits per heavy atom. The quantitative estimate of drug-likeness (QED) is 0.578. The minimum atomic E-state index is -0.152. The lowest BCUT2D eigenvalue weighted by molar-refractivity contribution is 0.0954. The normalized spacial score (nSPS) is 14.2. The molecule has 0 saturated carbocycles. The molecule has 6 nitrogen and oxygen atoms in total. The number of phenols is 1. The van der Waals surface area contributed by atoms with Gasteiger partial charge in [0, 0.05) is 31.7 Å². The van der Waals surface area contributed by atoms with Gasteiger partial charge < -0.3 is 21.1 Å². The van der Waals surface area contributed by atoms with Crippen molar-refractivity contribution < 1.29 is 9.90 Å². The average molecular weight is 262 g/mol. The summed E-state index contributed by atoms with van der Waals surface area (Å²) in [5, 5.41) is 18.2. The predicted octanol–water partition coefficient (Wildman–Crippen LogP) is 0.0609. The summed E-state index contributed by atoms with van der Waals surface area (Å²) in [5.74, 6) is 0.796. The van der Waals surface area contributed by atoms with Gasteiger partial charge in [0.25, 0.3) is 5.91 Å². The number of hydrogen-bond donors (Lipinski definition) is 4. The van der Waals surface area contributed by atoms with Gasteiger partial charge in [0.1, 0.15) is 5.75 Å². The van der Waals surface area contributed by atoms with Crippen LogP contribution in [0.5, 0.6) is 5.75 Å². The second-order valence-electron chi connectivity index (χ2n) is 4.24. The standard InChI is InChI=1S/C13H18N4O2/c18-11-4-2-10(3-5-11)12(19)14-8-9-17-13-15-6-1-7-16-13/h2-5,18H,1,6-9H2,(H,14,19)(H2,15,16,17). The van der Waals surface area contributed by atoms with Crippen LogP contribution in [0.3, 0.4) is 0 Å². The van der Waals surface area contributed by atoms with E-state index in [0.29, 0.717) is 18.7 Å². The first-order valence-corrected chi connectivity index (χ1v) is 6.35. The summed E-state index contributed by atoms with van der Waals surface area (Å²) < 4.78 is 0. The van der Waals surface area contributed by atoms with Gasteiger partial charge in [-0.25, -0.2) is 0 Å². The molecule has 1 heterocycles. The highest BCUT2D eigenvalue weighted by atomic mass is 16.3. The molecule has 6 heteroatoms. The van der Waals surface area contributed by atoms with E-state index in [9.17, 15) is 4.79 Å². The topological polar surface area (TPSA) is 85.8 Å². The molecule has 0 saturated heterocycles. The molecule has 0 spiro atoms. The lowest BCUT2D eigenvalue weighted by Crippen LogP contribution is -2.43. The fraction of sp³-hybridized carbons (Fsp3) is 0.385. The molecule has 0 radical (unpaired) electrons. The van der Waals surface area contributed by atoms with E-state index in [0.717, 1.165) is 25.5 Å². The van der Waals surface area contributed by atoms with E-state index in [4.69, 9.17) is 5.11 Å². The molecule has 1 aliphatic heterocycles. The molecule has 19 heavy (non-hydrogen) atoms. The van der Waals surface area contributed by atoms with Crippen LogP contribution in [-0.4, -0.2) is 43.2 Å². The Morgan fingerprint density at radius 2 is 2.11 bits per heavy atom. The lowest BCUT2D eigenvalue weighted by Gasteiger charge is -2.16. The number of nitrogens with one attached hydrogen (secondary N) is 3. The maximum Gasteiger partial charge on any atom is 0.251 e. The minimum Gasteiger partial charge on any atom is -0.508 e. The third-order valence-corrected chi connectivity index (χ3v) is 2.73. The van der Waals surface area contributed by atoms with Crippen molar-refractivity contribution in [3.05, 3.63) is 29.8 Å². The number of rotatable bonds is 4. The predicted molar refractivity (Wildman–Crippen MR) is 73.4 cm³/mol. The van der Waals surface area contributed by atoms with E-state index in [1.54, 1.807) is 12.1 Å². The second-order valence-corrected chi connectivity index (χ2v) is 4.24. The van der Waals surface area contributed by atoms with Crippen molar-refractivity contribution in [2.75, 3.05) is 26.2 Å². The number of hydrogen-bond acceptors (Lipinski definition) is 5. The number of aliphatic imine (C=N–C) groups is 1. The molecule has 0 unspecified atom stereocenters. The van der Waals surface area contributed by atoms with E-state index in [1.807, 2.05) is 0 Å². The van der Waals surface area contributed by atoms with Gasteiger partial charge in [0.2, 0.25) is 0 Å². The SMILES string of the molecule is O=C(NCCNC1=NCCCN1)c1ccc(O)cc1. The Bertz CT molecular complexity index is 456. The van der Waals surface area contributed by atoms with Crippen molar-refractivity contribution in [3.8, 4) is 5.75 Å². The zero-order valence-electron chi connectivity index (χ0n) is 10.6. The molecule has 0 fully saturated rings. The van der Waals surface area contributed by atoms with Gasteiger partial charge in [-0.3, -0.25) is 9.79 Å². The van der Waals surface area contributed by atoms with Crippen LogP contribution in [-0.2, 0) is 0 Å². The smallest absolute Gasteiger partial charge is 0.251 e. The number of phenolic OH excluding ortho intramolecular Hbond substituents is 1. The van der Waals surface area contributed by atoms with Gasteiger partial charge in [-0.2, -0.15) is 0 Å². The summed E-state index contributed by atoms with van der Waals surface area (Å²) in [4.78, 5) is 16.0. The summed E-state index contributed by atoms with van der Waals surface area (Å²) >= 11 is 0. The first-order chi connectivity index (χ1) is 9.25. The number of carbonyl (C=O) groups excluding carboxylic acids is 1. The van der Waals surface area contributed by atoms with Crippen LogP contribution in [0.15, 0.2) is 29.3 Å². The van der Waals surface area contributed by atoms with Crippen LogP contribution in [0.1, 0.15) is 16.8 Å². The summed E-state index contributed by atoms with van der Waals surface area (Å²) in [6.07, 6.45) is 1.06. The van der Waals surface area contributed by atoms with Gasteiger partial charge >= 0.3 is 0 Å². The van der Waals surface area contributed by atoms with Gasteiger partial charge in [0.15, 0.2) is 5.96 Å². The maximum atomic E-state index is 11.7. The van der Waals surface area contributed by atoms with Crippen molar-refractivity contribution in [1.29, 1.82) is 0 Å². The van der Waals surface area contributed by atoms with Gasteiger partial charge in [0.05, 0.1) is 0 Å².